The van der Waals surface area contributed by atoms with Crippen molar-refractivity contribution in [3.8, 4) is 0 Å². The first-order chi connectivity index (χ1) is 14.3. The number of nitrogens with one attached hydrogen (secondary N) is 1. The first-order valence-electron chi connectivity index (χ1n) is 10.1. The number of aromatic nitrogens is 1. The monoisotopic (exact) mass is 438 g/mol. The third kappa shape index (κ3) is 8.14. The molecule has 0 spiro atoms. The maximum atomic E-state index is 12.9. The molecule has 2 bridgehead atoms. The fraction of sp³-hybridized carbons (Fsp3) is 0.619. The highest BCUT2D eigenvalue weighted by Crippen LogP contribution is 2.22. The number of carboxylic acids is 2. The topological polar surface area (TPSA) is 132 Å². The zero-order chi connectivity index (χ0) is 23.9. The lowest BCUT2D eigenvalue weighted by Gasteiger charge is -2.48. The number of likely N-dealkylation sites (N-methyl/N-ethyl adjacent to an activating group) is 1. The Hall–Kier alpha value is -2.72. The maximum absolute atomic E-state index is 12.9. The number of amides is 1. The molecule has 0 aliphatic carbocycles. The van der Waals surface area contributed by atoms with E-state index in [9.17, 15) is 9.59 Å². The highest BCUT2D eigenvalue weighted by atomic mass is 16.4. The highest BCUT2D eigenvalue weighted by molar-refractivity contribution is 5.95. The van der Waals surface area contributed by atoms with Gasteiger partial charge in [0, 0.05) is 57.8 Å². The largest absolute Gasteiger partial charge is 0.481 e. The van der Waals surface area contributed by atoms with Gasteiger partial charge in [0.15, 0.2) is 0 Å². The molecule has 4 heterocycles. The second-order valence-electron chi connectivity index (χ2n) is 8.24. The molecule has 31 heavy (non-hydrogen) atoms. The lowest BCUT2D eigenvalue weighted by atomic mass is 9.91. The Morgan fingerprint density at radius 1 is 1.16 bits per heavy atom. The van der Waals surface area contributed by atoms with Crippen molar-refractivity contribution in [2.45, 2.75) is 52.2 Å². The molecule has 0 aromatic carbocycles. The van der Waals surface area contributed by atoms with Crippen LogP contribution in [0.1, 0.15) is 49.2 Å². The van der Waals surface area contributed by atoms with Gasteiger partial charge in [-0.25, -0.2) is 0 Å². The van der Waals surface area contributed by atoms with E-state index in [2.05, 4.69) is 5.32 Å². The lowest BCUT2D eigenvalue weighted by Crippen LogP contribution is -2.67. The standard InChI is InChI=1S/C17H26N4O2.2C2H4O2/c1-11-5-6-21(12(2)8-19(3)4)17(23)15(11)16(22)20-9-13-7-14(10-20)18-13;2*1-2(3)4/h5-6,12-14,18H,7-10H2,1-4H3;2*1H3,(H,3,4). The van der Waals surface area contributed by atoms with Crippen molar-refractivity contribution >= 4 is 17.8 Å². The molecule has 10 nitrogen and oxygen atoms in total. The summed E-state index contributed by atoms with van der Waals surface area (Å²) in [6, 6.07) is 2.71. The first kappa shape index (κ1) is 26.3. The second-order valence-corrected chi connectivity index (χ2v) is 8.24. The molecule has 174 valence electrons. The molecule has 1 aromatic rings. The fourth-order valence-corrected chi connectivity index (χ4v) is 3.70. The summed E-state index contributed by atoms with van der Waals surface area (Å²) in [6.07, 6.45) is 2.94. The predicted molar refractivity (Wildman–Crippen MR) is 117 cm³/mol. The molecule has 0 saturated carbocycles. The number of hydrogen-bond acceptors (Lipinski definition) is 6. The van der Waals surface area contributed by atoms with Crippen LogP contribution in [0.25, 0.3) is 0 Å². The minimum atomic E-state index is -0.833. The minimum absolute atomic E-state index is 0.0288. The van der Waals surface area contributed by atoms with Crippen molar-refractivity contribution in [1.29, 1.82) is 0 Å². The van der Waals surface area contributed by atoms with E-state index in [1.54, 1.807) is 10.8 Å². The summed E-state index contributed by atoms with van der Waals surface area (Å²) in [6.45, 7) is 8.19. The van der Waals surface area contributed by atoms with Gasteiger partial charge in [-0.2, -0.15) is 0 Å². The number of nitrogens with zero attached hydrogens (tertiary/aromatic N) is 3. The summed E-state index contributed by atoms with van der Waals surface area (Å²) in [7, 11) is 3.96. The summed E-state index contributed by atoms with van der Waals surface area (Å²) in [5, 5.41) is 18.2. The number of fused-ring (bicyclic) bond motifs is 2. The van der Waals surface area contributed by atoms with E-state index in [1.807, 2.05) is 43.8 Å². The van der Waals surface area contributed by atoms with Crippen LogP contribution >= 0.6 is 0 Å². The minimum Gasteiger partial charge on any atom is -0.481 e. The van der Waals surface area contributed by atoms with Crippen molar-refractivity contribution in [2.24, 2.45) is 0 Å². The number of piperidine rings is 1. The maximum Gasteiger partial charge on any atom is 0.300 e. The van der Waals surface area contributed by atoms with Gasteiger partial charge in [-0.3, -0.25) is 19.2 Å². The summed E-state index contributed by atoms with van der Waals surface area (Å²) in [5.41, 5.74) is 0.927. The molecule has 4 rings (SSSR count). The average molecular weight is 439 g/mol. The third-order valence-corrected chi connectivity index (χ3v) is 4.86. The molecule has 3 N–H and O–H groups in total. The van der Waals surface area contributed by atoms with E-state index >= 15 is 0 Å². The van der Waals surface area contributed by atoms with E-state index in [0.29, 0.717) is 30.7 Å². The number of piperazine rings is 1. The SMILES string of the molecule is CC(=O)O.CC(=O)O.Cc1ccn(C(C)CN(C)C)c(=O)c1C(=O)N1CC2CC(C1)N2. The number of carbonyl (C=O) groups is 3. The van der Waals surface area contributed by atoms with Crippen molar-refractivity contribution in [3.05, 3.63) is 33.7 Å². The normalized spacial score (nSPS) is 19.8. The van der Waals surface area contributed by atoms with E-state index < -0.39 is 11.9 Å². The van der Waals surface area contributed by atoms with Crippen molar-refractivity contribution in [2.75, 3.05) is 33.7 Å². The van der Waals surface area contributed by atoms with E-state index in [4.69, 9.17) is 19.8 Å². The second kappa shape index (κ2) is 11.6. The molecule has 3 atom stereocenters. The van der Waals surface area contributed by atoms with Gasteiger partial charge in [-0.05, 0) is 46.0 Å². The van der Waals surface area contributed by atoms with Crippen LogP contribution in [0.2, 0.25) is 0 Å². The van der Waals surface area contributed by atoms with Crippen LogP contribution in [0.5, 0.6) is 0 Å². The molecular formula is C21H34N4O6. The summed E-state index contributed by atoms with van der Waals surface area (Å²) >= 11 is 0. The van der Waals surface area contributed by atoms with E-state index in [1.165, 1.54) is 0 Å². The lowest BCUT2D eigenvalue weighted by molar-refractivity contribution is -0.135. The number of carboxylic acid groups (broad SMARTS) is 2. The zero-order valence-electron chi connectivity index (χ0n) is 19.1. The number of pyridine rings is 1. The summed E-state index contributed by atoms with van der Waals surface area (Å²) in [4.78, 5) is 47.6. The number of rotatable bonds is 4. The summed E-state index contributed by atoms with van der Waals surface area (Å²) < 4.78 is 1.68. The summed E-state index contributed by atoms with van der Waals surface area (Å²) in [5.74, 6) is -1.78. The van der Waals surface area contributed by atoms with Gasteiger partial charge < -0.3 is 29.9 Å². The number of aryl methyl sites for hydroxylation is 1. The van der Waals surface area contributed by atoms with E-state index in [0.717, 1.165) is 32.4 Å². The van der Waals surface area contributed by atoms with Crippen LogP contribution in [-0.2, 0) is 9.59 Å². The molecular weight excluding hydrogens is 404 g/mol. The van der Waals surface area contributed by atoms with Gasteiger partial charge in [-0.15, -0.1) is 0 Å². The quantitative estimate of drug-likeness (QED) is 0.624. The molecule has 1 aromatic heterocycles. The predicted octanol–water partition coefficient (Wildman–Crippen LogP) is 0.647. The zero-order valence-corrected chi connectivity index (χ0v) is 19.1. The number of aliphatic carboxylic acids is 2. The highest BCUT2D eigenvalue weighted by Gasteiger charge is 2.39. The molecule has 3 saturated heterocycles. The smallest absolute Gasteiger partial charge is 0.300 e. The molecule has 0 radical (unpaired) electrons. The molecule has 3 unspecified atom stereocenters. The Morgan fingerprint density at radius 3 is 2.03 bits per heavy atom. The van der Waals surface area contributed by atoms with Crippen molar-refractivity contribution < 1.29 is 24.6 Å². The average Bonchev–Trinajstić information content (AvgIpc) is 2.59. The van der Waals surface area contributed by atoms with Crippen LogP contribution in [0, 0.1) is 6.92 Å². The Labute approximate surface area is 182 Å². The first-order valence-corrected chi connectivity index (χ1v) is 10.1. The van der Waals surface area contributed by atoms with Crippen LogP contribution in [0.3, 0.4) is 0 Å². The van der Waals surface area contributed by atoms with Gasteiger partial charge in [0.2, 0.25) is 0 Å². The Balaban J connectivity index is 0.000000519. The molecule has 3 fully saturated rings. The van der Waals surface area contributed by atoms with Gasteiger partial charge in [-0.1, -0.05) is 0 Å². The Morgan fingerprint density at radius 2 is 1.61 bits per heavy atom. The van der Waals surface area contributed by atoms with Crippen LogP contribution < -0.4 is 10.9 Å². The third-order valence-electron chi connectivity index (χ3n) is 4.86. The van der Waals surface area contributed by atoms with Crippen LogP contribution in [0.4, 0.5) is 0 Å². The van der Waals surface area contributed by atoms with Gasteiger partial charge in [0.1, 0.15) is 5.56 Å². The Bertz CT molecular complexity index is 815. The molecule has 1 amide bonds. The molecule has 3 aliphatic rings. The van der Waals surface area contributed by atoms with Gasteiger partial charge in [0.05, 0.1) is 0 Å². The van der Waals surface area contributed by atoms with Crippen LogP contribution in [0.15, 0.2) is 17.1 Å². The Kier molecular flexibility index (Phi) is 9.86. The van der Waals surface area contributed by atoms with Crippen molar-refractivity contribution in [1.82, 2.24) is 19.7 Å². The van der Waals surface area contributed by atoms with Crippen LogP contribution in [-0.4, -0.2) is 88.2 Å². The number of carbonyl (C=O) groups excluding carboxylic acids is 1. The fourth-order valence-electron chi connectivity index (χ4n) is 3.70. The molecule has 10 heteroatoms. The molecule has 3 aliphatic heterocycles. The van der Waals surface area contributed by atoms with E-state index in [-0.39, 0.29) is 17.5 Å². The van der Waals surface area contributed by atoms with Gasteiger partial charge >= 0.3 is 0 Å². The van der Waals surface area contributed by atoms with Gasteiger partial charge in [0.25, 0.3) is 23.4 Å². The number of hydrogen-bond donors (Lipinski definition) is 3. The van der Waals surface area contributed by atoms with Crippen molar-refractivity contribution in [3.63, 3.8) is 0 Å².